The van der Waals surface area contributed by atoms with E-state index >= 15 is 0 Å². The summed E-state index contributed by atoms with van der Waals surface area (Å²) in [6.45, 7) is 1.83. The van der Waals surface area contributed by atoms with Gasteiger partial charge in [0, 0.05) is 14.8 Å². The SMILES string of the molecule is Cc1ccccc1C=NOCC(=O)Nc1ccccc1Sc1ccc(Cl)cc1. The molecule has 142 valence electrons. The molecule has 0 aromatic heterocycles. The van der Waals surface area contributed by atoms with Crippen molar-refractivity contribution in [3.63, 3.8) is 0 Å². The van der Waals surface area contributed by atoms with Crippen LogP contribution in [0.25, 0.3) is 0 Å². The van der Waals surface area contributed by atoms with Crippen LogP contribution in [0.1, 0.15) is 11.1 Å². The summed E-state index contributed by atoms with van der Waals surface area (Å²) in [5.41, 5.74) is 2.76. The number of hydrogen-bond acceptors (Lipinski definition) is 4. The molecule has 0 aliphatic heterocycles. The van der Waals surface area contributed by atoms with Crippen LogP contribution in [0.2, 0.25) is 5.02 Å². The molecule has 0 aliphatic carbocycles. The summed E-state index contributed by atoms with van der Waals surface area (Å²) < 4.78 is 0. The van der Waals surface area contributed by atoms with Crippen molar-refractivity contribution < 1.29 is 9.63 Å². The first kappa shape index (κ1) is 20.0. The maximum atomic E-state index is 12.2. The Kier molecular flexibility index (Phi) is 7.12. The molecule has 0 saturated carbocycles. The fourth-order valence-electron chi connectivity index (χ4n) is 2.40. The third-order valence-corrected chi connectivity index (χ3v) is 5.19. The first-order valence-corrected chi connectivity index (χ1v) is 9.84. The van der Waals surface area contributed by atoms with Crippen LogP contribution in [0.4, 0.5) is 5.69 Å². The molecule has 6 heteroatoms. The second kappa shape index (κ2) is 9.97. The van der Waals surface area contributed by atoms with Gasteiger partial charge in [0.1, 0.15) is 0 Å². The number of para-hydroxylation sites is 1. The van der Waals surface area contributed by atoms with Gasteiger partial charge in [-0.2, -0.15) is 0 Å². The van der Waals surface area contributed by atoms with Crippen molar-refractivity contribution in [2.45, 2.75) is 16.7 Å². The van der Waals surface area contributed by atoms with Crippen molar-refractivity contribution in [3.8, 4) is 0 Å². The van der Waals surface area contributed by atoms with Gasteiger partial charge in [-0.1, -0.05) is 64.9 Å². The smallest absolute Gasteiger partial charge is 0.265 e. The van der Waals surface area contributed by atoms with E-state index < -0.39 is 0 Å². The molecule has 0 heterocycles. The highest BCUT2D eigenvalue weighted by molar-refractivity contribution is 7.99. The molecule has 0 spiro atoms. The maximum absolute atomic E-state index is 12.2. The van der Waals surface area contributed by atoms with Gasteiger partial charge in [0.15, 0.2) is 6.61 Å². The largest absolute Gasteiger partial charge is 0.386 e. The van der Waals surface area contributed by atoms with E-state index in [1.807, 2.05) is 79.7 Å². The molecule has 0 radical (unpaired) electrons. The monoisotopic (exact) mass is 410 g/mol. The van der Waals surface area contributed by atoms with E-state index in [9.17, 15) is 4.79 Å². The fourth-order valence-corrected chi connectivity index (χ4v) is 3.42. The summed E-state index contributed by atoms with van der Waals surface area (Å²) in [4.78, 5) is 19.3. The molecule has 0 atom stereocenters. The van der Waals surface area contributed by atoms with E-state index in [0.29, 0.717) is 5.02 Å². The highest BCUT2D eigenvalue weighted by atomic mass is 35.5. The molecular weight excluding hydrogens is 392 g/mol. The first-order chi connectivity index (χ1) is 13.6. The molecule has 4 nitrogen and oxygen atoms in total. The molecule has 28 heavy (non-hydrogen) atoms. The van der Waals surface area contributed by atoms with Crippen LogP contribution in [0.3, 0.4) is 0 Å². The number of nitrogens with zero attached hydrogens (tertiary/aromatic N) is 1. The molecule has 1 amide bonds. The Morgan fingerprint density at radius 2 is 1.79 bits per heavy atom. The van der Waals surface area contributed by atoms with Crippen LogP contribution in [-0.2, 0) is 9.63 Å². The zero-order valence-corrected chi connectivity index (χ0v) is 16.8. The number of carbonyl (C=O) groups is 1. The lowest BCUT2D eigenvalue weighted by Gasteiger charge is -2.10. The van der Waals surface area contributed by atoms with Crippen LogP contribution in [0, 0.1) is 6.92 Å². The van der Waals surface area contributed by atoms with E-state index in [1.165, 1.54) is 0 Å². The van der Waals surface area contributed by atoms with Gasteiger partial charge in [0.2, 0.25) is 0 Å². The quantitative estimate of drug-likeness (QED) is 0.396. The van der Waals surface area contributed by atoms with Crippen LogP contribution in [0.5, 0.6) is 0 Å². The number of anilines is 1. The molecule has 0 aliphatic rings. The Hall–Kier alpha value is -2.76. The zero-order valence-electron chi connectivity index (χ0n) is 15.3. The number of hydrogen-bond donors (Lipinski definition) is 1. The molecule has 0 unspecified atom stereocenters. The van der Waals surface area contributed by atoms with Crippen LogP contribution < -0.4 is 5.32 Å². The Balaban J connectivity index is 1.57. The summed E-state index contributed by atoms with van der Waals surface area (Å²) in [6.07, 6.45) is 1.60. The second-order valence-corrected chi connectivity index (χ2v) is 7.52. The average Bonchev–Trinajstić information content (AvgIpc) is 2.70. The minimum absolute atomic E-state index is 0.164. The Morgan fingerprint density at radius 3 is 2.57 bits per heavy atom. The molecule has 1 N–H and O–H groups in total. The zero-order chi connectivity index (χ0) is 19.8. The van der Waals surface area contributed by atoms with Gasteiger partial charge in [-0.15, -0.1) is 0 Å². The Labute approximate surface area is 173 Å². The van der Waals surface area contributed by atoms with Crippen LogP contribution in [0.15, 0.2) is 87.7 Å². The second-order valence-electron chi connectivity index (χ2n) is 5.96. The number of amides is 1. The average molecular weight is 411 g/mol. The molecule has 3 rings (SSSR count). The van der Waals surface area contributed by atoms with Crippen molar-refractivity contribution in [2.24, 2.45) is 5.16 Å². The van der Waals surface area contributed by atoms with Gasteiger partial charge in [0.25, 0.3) is 5.91 Å². The lowest BCUT2D eigenvalue weighted by molar-refractivity contribution is -0.120. The lowest BCUT2D eigenvalue weighted by atomic mass is 10.1. The van der Waals surface area contributed by atoms with Crippen LogP contribution in [-0.4, -0.2) is 18.7 Å². The standard InChI is InChI=1S/C22H19ClN2O2S/c1-16-6-2-3-7-17(16)14-24-27-15-22(26)25-20-8-4-5-9-21(20)28-19-12-10-18(23)11-13-19/h2-14H,15H2,1H3,(H,25,26). The van der Waals surface area contributed by atoms with Gasteiger partial charge < -0.3 is 10.2 Å². The Bertz CT molecular complexity index is 974. The number of rotatable bonds is 7. The maximum Gasteiger partial charge on any atom is 0.265 e. The van der Waals surface area contributed by atoms with E-state index in [1.54, 1.807) is 18.0 Å². The minimum Gasteiger partial charge on any atom is -0.386 e. The van der Waals surface area contributed by atoms with Gasteiger partial charge in [0.05, 0.1) is 11.9 Å². The van der Waals surface area contributed by atoms with Gasteiger partial charge in [-0.3, -0.25) is 4.79 Å². The van der Waals surface area contributed by atoms with Crippen molar-refractivity contribution in [1.29, 1.82) is 0 Å². The van der Waals surface area contributed by atoms with E-state index in [-0.39, 0.29) is 12.5 Å². The number of oxime groups is 1. The van der Waals surface area contributed by atoms with Gasteiger partial charge in [-0.05, 0) is 54.4 Å². The topological polar surface area (TPSA) is 50.7 Å². The van der Waals surface area contributed by atoms with Crippen molar-refractivity contribution >= 4 is 41.2 Å². The summed E-state index contributed by atoms with van der Waals surface area (Å²) in [5, 5.41) is 7.44. The molecule has 3 aromatic carbocycles. The first-order valence-electron chi connectivity index (χ1n) is 8.65. The van der Waals surface area contributed by atoms with Crippen LogP contribution >= 0.6 is 23.4 Å². The van der Waals surface area contributed by atoms with Crippen molar-refractivity contribution in [3.05, 3.63) is 88.9 Å². The fraction of sp³-hybridized carbons (Fsp3) is 0.0909. The van der Waals surface area contributed by atoms with Crippen molar-refractivity contribution in [1.82, 2.24) is 0 Å². The lowest BCUT2D eigenvalue weighted by Crippen LogP contribution is -2.17. The predicted molar refractivity (Wildman–Crippen MR) is 115 cm³/mol. The van der Waals surface area contributed by atoms with Crippen molar-refractivity contribution in [2.75, 3.05) is 11.9 Å². The molecule has 0 saturated heterocycles. The number of benzene rings is 3. The molecule has 0 bridgehead atoms. The highest BCUT2D eigenvalue weighted by Gasteiger charge is 2.08. The van der Waals surface area contributed by atoms with E-state index in [2.05, 4.69) is 10.5 Å². The van der Waals surface area contributed by atoms with Gasteiger partial charge >= 0.3 is 0 Å². The number of aryl methyl sites for hydroxylation is 1. The predicted octanol–water partition coefficient (Wildman–Crippen LogP) is 5.79. The molecule has 0 fully saturated rings. The number of carbonyl (C=O) groups excluding carboxylic acids is 1. The number of nitrogens with one attached hydrogen (secondary N) is 1. The summed E-state index contributed by atoms with van der Waals surface area (Å²) in [5.74, 6) is -0.272. The summed E-state index contributed by atoms with van der Waals surface area (Å²) >= 11 is 7.48. The number of halogens is 1. The van der Waals surface area contributed by atoms with E-state index in [4.69, 9.17) is 16.4 Å². The highest BCUT2D eigenvalue weighted by Crippen LogP contribution is 2.33. The van der Waals surface area contributed by atoms with Gasteiger partial charge in [-0.25, -0.2) is 0 Å². The summed E-state index contributed by atoms with van der Waals surface area (Å²) in [6, 6.07) is 23.0. The molecular formula is C22H19ClN2O2S. The molecule has 3 aromatic rings. The minimum atomic E-state index is -0.272. The summed E-state index contributed by atoms with van der Waals surface area (Å²) in [7, 11) is 0. The third-order valence-electron chi connectivity index (χ3n) is 3.85. The normalized spacial score (nSPS) is 10.8. The third kappa shape index (κ3) is 5.87. The Morgan fingerprint density at radius 1 is 1.07 bits per heavy atom. The van der Waals surface area contributed by atoms with E-state index in [0.717, 1.165) is 26.6 Å².